The quantitative estimate of drug-likeness (QED) is 0.736. The molecule has 0 amide bonds. The molecule has 2 aromatic heterocycles. The smallest absolute Gasteiger partial charge is 0.161 e. The number of rotatable bonds is 2. The van der Waals surface area contributed by atoms with Crippen molar-refractivity contribution in [3.8, 4) is 9.88 Å². The Bertz CT molecular complexity index is 473. The van der Waals surface area contributed by atoms with E-state index in [1.807, 2.05) is 13.8 Å². The summed E-state index contributed by atoms with van der Waals surface area (Å²) in [5.41, 5.74) is 3.57. The molecular weight excluding hydrogens is 216 g/mol. The van der Waals surface area contributed by atoms with Gasteiger partial charge in [0.1, 0.15) is 5.01 Å². The van der Waals surface area contributed by atoms with Crippen molar-refractivity contribution >= 4 is 29.0 Å². The Morgan fingerprint density at radius 1 is 1.36 bits per heavy atom. The Kier molecular flexibility index (Phi) is 2.43. The summed E-state index contributed by atoms with van der Waals surface area (Å²) in [7, 11) is 0. The van der Waals surface area contributed by atoms with E-state index in [1.165, 1.54) is 11.3 Å². The Hall–Kier alpha value is -1.07. The van der Waals surface area contributed by atoms with E-state index in [1.54, 1.807) is 16.8 Å². The van der Waals surface area contributed by atoms with Gasteiger partial charge in [0.25, 0.3) is 0 Å². The summed E-state index contributed by atoms with van der Waals surface area (Å²) in [6.45, 7) is 3.79. The highest BCUT2D eigenvalue weighted by Gasteiger charge is 2.12. The first kappa shape index (κ1) is 9.48. The number of hydrogen-bond donors (Lipinski definition) is 0. The summed E-state index contributed by atoms with van der Waals surface area (Å²) >= 11 is 2.98. The third-order valence-corrected chi connectivity index (χ3v) is 4.04. The highest BCUT2D eigenvalue weighted by molar-refractivity contribution is 7.21. The second-order valence-electron chi connectivity index (χ2n) is 2.85. The first-order valence-electron chi connectivity index (χ1n) is 4.05. The van der Waals surface area contributed by atoms with Gasteiger partial charge in [0.15, 0.2) is 6.29 Å². The van der Waals surface area contributed by atoms with Gasteiger partial charge in [0, 0.05) is 0 Å². The first-order valence-corrected chi connectivity index (χ1v) is 5.75. The van der Waals surface area contributed by atoms with Gasteiger partial charge in [-0.3, -0.25) is 4.79 Å². The molecule has 0 unspecified atom stereocenters. The van der Waals surface area contributed by atoms with E-state index in [9.17, 15) is 4.79 Å². The van der Waals surface area contributed by atoms with Gasteiger partial charge in [-0.15, -0.1) is 22.7 Å². The lowest BCUT2D eigenvalue weighted by molar-refractivity contribution is 0.112. The predicted molar refractivity (Wildman–Crippen MR) is 58.1 cm³/mol. The maximum atomic E-state index is 10.7. The Balaban J connectivity index is 2.53. The number of hydrogen-bond acceptors (Lipinski definition) is 5. The largest absolute Gasteiger partial charge is 0.297 e. The summed E-state index contributed by atoms with van der Waals surface area (Å²) in [6, 6.07) is 0. The molecule has 0 bridgehead atoms. The second kappa shape index (κ2) is 3.59. The number of aryl methyl sites for hydroxylation is 2. The molecule has 0 aliphatic heterocycles. The minimum Gasteiger partial charge on any atom is -0.297 e. The second-order valence-corrected chi connectivity index (χ2v) is 4.74. The molecule has 2 aromatic rings. The van der Waals surface area contributed by atoms with Gasteiger partial charge in [0.2, 0.25) is 0 Å². The van der Waals surface area contributed by atoms with Crippen molar-refractivity contribution in [3.05, 3.63) is 21.8 Å². The maximum absolute atomic E-state index is 10.7. The van der Waals surface area contributed by atoms with E-state index in [4.69, 9.17) is 0 Å². The third kappa shape index (κ3) is 1.49. The topological polar surface area (TPSA) is 42.9 Å². The lowest BCUT2D eigenvalue weighted by atomic mass is 10.4. The molecule has 0 radical (unpaired) electrons. The molecule has 0 aliphatic carbocycles. The Morgan fingerprint density at radius 2 is 2.14 bits per heavy atom. The predicted octanol–water partition coefficient (Wildman–Crippen LogP) is 2.70. The molecule has 0 saturated carbocycles. The number of aldehydes is 1. The van der Waals surface area contributed by atoms with E-state index in [2.05, 4.69) is 9.97 Å². The Morgan fingerprint density at radius 3 is 2.64 bits per heavy atom. The van der Waals surface area contributed by atoms with E-state index < -0.39 is 0 Å². The van der Waals surface area contributed by atoms with Crippen molar-refractivity contribution < 1.29 is 4.79 Å². The van der Waals surface area contributed by atoms with Crippen LogP contribution in [-0.4, -0.2) is 16.3 Å². The molecule has 0 aliphatic rings. The van der Waals surface area contributed by atoms with Crippen LogP contribution in [0.1, 0.15) is 21.1 Å². The normalized spacial score (nSPS) is 10.4. The van der Waals surface area contributed by atoms with E-state index in [0.717, 1.165) is 27.6 Å². The number of carbonyl (C=O) groups excluding carboxylic acids is 1. The van der Waals surface area contributed by atoms with Crippen LogP contribution in [0.4, 0.5) is 0 Å². The zero-order valence-electron chi connectivity index (χ0n) is 7.77. The fourth-order valence-electron chi connectivity index (χ4n) is 1.12. The highest BCUT2D eigenvalue weighted by Crippen LogP contribution is 2.31. The van der Waals surface area contributed by atoms with Crippen LogP contribution in [0.5, 0.6) is 0 Å². The fraction of sp³-hybridized carbons (Fsp3) is 0.222. The van der Waals surface area contributed by atoms with Gasteiger partial charge in [-0.25, -0.2) is 9.97 Å². The van der Waals surface area contributed by atoms with Gasteiger partial charge in [-0.05, 0) is 13.8 Å². The van der Waals surface area contributed by atoms with Crippen LogP contribution in [0.2, 0.25) is 0 Å². The van der Waals surface area contributed by atoms with Crippen LogP contribution in [0.25, 0.3) is 9.88 Å². The number of thiazole rings is 2. The number of carbonyl (C=O) groups is 1. The standard InChI is InChI=1S/C9H8N2OS2/c1-5-7(3-12)14-9(11-5)8-6(2)10-4-13-8/h3-4H,1-2H3. The minimum absolute atomic E-state index is 0.702. The molecule has 0 atom stereocenters. The lowest BCUT2D eigenvalue weighted by Crippen LogP contribution is -1.78. The zero-order chi connectivity index (χ0) is 10.1. The van der Waals surface area contributed by atoms with Crippen LogP contribution in [-0.2, 0) is 0 Å². The molecule has 3 nitrogen and oxygen atoms in total. The lowest BCUT2D eigenvalue weighted by Gasteiger charge is -1.89. The molecule has 2 heterocycles. The molecule has 0 spiro atoms. The highest BCUT2D eigenvalue weighted by atomic mass is 32.1. The molecule has 5 heteroatoms. The van der Waals surface area contributed by atoms with Crippen molar-refractivity contribution in [2.24, 2.45) is 0 Å². The van der Waals surface area contributed by atoms with Crippen molar-refractivity contribution in [1.29, 1.82) is 0 Å². The van der Waals surface area contributed by atoms with Crippen molar-refractivity contribution in [3.63, 3.8) is 0 Å². The summed E-state index contributed by atoms with van der Waals surface area (Å²) in [5, 5.41) is 0.893. The van der Waals surface area contributed by atoms with Crippen molar-refractivity contribution in [2.75, 3.05) is 0 Å². The zero-order valence-corrected chi connectivity index (χ0v) is 9.41. The molecule has 72 valence electrons. The van der Waals surface area contributed by atoms with Crippen molar-refractivity contribution in [1.82, 2.24) is 9.97 Å². The summed E-state index contributed by atoms with van der Waals surface area (Å²) in [4.78, 5) is 20.9. The first-order chi connectivity index (χ1) is 6.72. The van der Waals surface area contributed by atoms with Gasteiger partial charge in [0.05, 0.1) is 26.7 Å². The molecule has 14 heavy (non-hydrogen) atoms. The number of aromatic nitrogens is 2. The van der Waals surface area contributed by atoms with Gasteiger partial charge in [-0.1, -0.05) is 0 Å². The molecule has 0 saturated heterocycles. The van der Waals surface area contributed by atoms with Crippen LogP contribution in [0, 0.1) is 13.8 Å². The van der Waals surface area contributed by atoms with Crippen LogP contribution in [0.3, 0.4) is 0 Å². The summed E-state index contributed by atoms with van der Waals surface area (Å²) < 4.78 is 0. The monoisotopic (exact) mass is 224 g/mol. The minimum atomic E-state index is 0.702. The third-order valence-electron chi connectivity index (χ3n) is 1.88. The molecule has 0 aromatic carbocycles. The van der Waals surface area contributed by atoms with Crippen LogP contribution in [0.15, 0.2) is 5.51 Å². The average molecular weight is 224 g/mol. The number of nitrogens with zero attached hydrogens (tertiary/aromatic N) is 2. The van der Waals surface area contributed by atoms with E-state index >= 15 is 0 Å². The molecular formula is C9H8N2OS2. The fourth-order valence-corrected chi connectivity index (χ4v) is 2.95. The maximum Gasteiger partial charge on any atom is 0.161 e. The Labute approximate surface area is 89.5 Å². The average Bonchev–Trinajstić information content (AvgIpc) is 2.71. The van der Waals surface area contributed by atoms with Gasteiger partial charge >= 0.3 is 0 Å². The van der Waals surface area contributed by atoms with Crippen molar-refractivity contribution in [2.45, 2.75) is 13.8 Å². The molecule has 0 fully saturated rings. The molecule has 2 rings (SSSR count). The molecule has 0 N–H and O–H groups in total. The van der Waals surface area contributed by atoms with Crippen LogP contribution >= 0.6 is 22.7 Å². The van der Waals surface area contributed by atoms with Gasteiger partial charge in [-0.2, -0.15) is 0 Å². The summed E-state index contributed by atoms with van der Waals surface area (Å²) in [6.07, 6.45) is 0.854. The van der Waals surface area contributed by atoms with Crippen LogP contribution < -0.4 is 0 Å². The van der Waals surface area contributed by atoms with Gasteiger partial charge < -0.3 is 0 Å². The van der Waals surface area contributed by atoms with E-state index in [-0.39, 0.29) is 0 Å². The summed E-state index contributed by atoms with van der Waals surface area (Å²) in [5.74, 6) is 0. The van der Waals surface area contributed by atoms with E-state index in [0.29, 0.717) is 4.88 Å². The SMILES string of the molecule is Cc1nc(-c2scnc2C)sc1C=O.